The number of nitriles is 1. The fourth-order valence-electron chi connectivity index (χ4n) is 4.09. The van der Waals surface area contributed by atoms with Crippen molar-refractivity contribution in [3.05, 3.63) is 30.1 Å². The zero-order valence-electron chi connectivity index (χ0n) is 14.5. The van der Waals surface area contributed by atoms with E-state index in [0.717, 1.165) is 51.4 Å². The molecular formula is C20H25N3O2. The van der Waals surface area contributed by atoms with E-state index in [1.54, 1.807) is 24.4 Å². The molecule has 1 aromatic heterocycles. The molecule has 1 atom stereocenters. The van der Waals surface area contributed by atoms with E-state index in [9.17, 15) is 14.9 Å². The molecule has 0 unspecified atom stereocenters. The van der Waals surface area contributed by atoms with E-state index in [4.69, 9.17) is 0 Å². The molecule has 0 aliphatic heterocycles. The monoisotopic (exact) mass is 339 g/mol. The predicted molar refractivity (Wildman–Crippen MR) is 93.4 cm³/mol. The molecule has 1 heterocycles. The highest BCUT2D eigenvalue weighted by Gasteiger charge is 2.33. The molecular weight excluding hydrogens is 314 g/mol. The second-order valence-electron chi connectivity index (χ2n) is 7.26. The van der Waals surface area contributed by atoms with Crippen molar-refractivity contribution in [2.45, 2.75) is 63.3 Å². The van der Waals surface area contributed by atoms with Crippen molar-refractivity contribution in [2.24, 2.45) is 11.8 Å². The molecule has 1 aromatic rings. The second kappa shape index (κ2) is 8.24. The summed E-state index contributed by atoms with van der Waals surface area (Å²) in [4.78, 5) is 29.1. The Labute approximate surface area is 148 Å². The number of rotatable bonds is 5. The Bertz CT molecular complexity index is 639. The average molecular weight is 339 g/mol. The van der Waals surface area contributed by atoms with Crippen molar-refractivity contribution in [3.63, 3.8) is 0 Å². The van der Waals surface area contributed by atoms with Crippen LogP contribution in [0.4, 0.5) is 0 Å². The molecule has 25 heavy (non-hydrogen) atoms. The molecule has 2 aliphatic carbocycles. The van der Waals surface area contributed by atoms with Gasteiger partial charge in [0.15, 0.2) is 5.78 Å². The van der Waals surface area contributed by atoms with Crippen molar-refractivity contribution in [3.8, 4) is 6.07 Å². The Morgan fingerprint density at radius 3 is 2.40 bits per heavy atom. The first-order valence-electron chi connectivity index (χ1n) is 9.33. The number of Topliss-reactive ketones (excluding diaryl/α,β-unsaturated/α-hetero) is 1. The number of nitrogens with one attached hydrogen (secondary N) is 1. The molecule has 0 bridgehead atoms. The Morgan fingerprint density at radius 2 is 1.80 bits per heavy atom. The maximum absolute atomic E-state index is 12.7. The lowest BCUT2D eigenvalue weighted by atomic mass is 9.79. The number of carbonyl (C=O) groups excluding carboxylic acids is 2. The molecule has 1 N–H and O–H groups in total. The summed E-state index contributed by atoms with van der Waals surface area (Å²) in [6, 6.07) is 7.60. The van der Waals surface area contributed by atoms with E-state index in [0.29, 0.717) is 5.69 Å². The molecule has 5 heteroatoms. The van der Waals surface area contributed by atoms with Gasteiger partial charge in [-0.2, -0.15) is 5.26 Å². The first-order chi connectivity index (χ1) is 12.2. The minimum absolute atomic E-state index is 0.0261. The third-order valence-electron chi connectivity index (χ3n) is 5.60. The van der Waals surface area contributed by atoms with Gasteiger partial charge in [-0.25, -0.2) is 0 Å². The quantitative estimate of drug-likeness (QED) is 0.893. The van der Waals surface area contributed by atoms with Crippen LogP contribution in [0.5, 0.6) is 0 Å². The maximum atomic E-state index is 12.7. The van der Waals surface area contributed by atoms with Crippen LogP contribution in [0, 0.1) is 23.2 Å². The summed E-state index contributed by atoms with van der Waals surface area (Å²) in [5.41, 5.74) is 0.534. The number of amides is 1. The lowest BCUT2D eigenvalue weighted by Gasteiger charge is -2.29. The number of aromatic nitrogens is 1. The lowest BCUT2D eigenvalue weighted by Crippen LogP contribution is -2.41. The number of pyridine rings is 1. The van der Waals surface area contributed by atoms with E-state index in [1.807, 2.05) is 0 Å². The molecule has 2 saturated carbocycles. The Hall–Kier alpha value is -2.22. The third-order valence-corrected chi connectivity index (χ3v) is 5.60. The van der Waals surface area contributed by atoms with Crippen molar-refractivity contribution in [2.75, 3.05) is 0 Å². The van der Waals surface area contributed by atoms with Crippen LogP contribution in [0.1, 0.15) is 63.0 Å². The molecule has 0 aromatic carbocycles. The van der Waals surface area contributed by atoms with Crippen LogP contribution in [0.15, 0.2) is 24.4 Å². The zero-order valence-corrected chi connectivity index (χ0v) is 14.5. The van der Waals surface area contributed by atoms with E-state index in [1.165, 1.54) is 0 Å². The summed E-state index contributed by atoms with van der Waals surface area (Å²) < 4.78 is 0. The maximum Gasteiger partial charge on any atom is 0.223 e. The molecule has 0 saturated heterocycles. The van der Waals surface area contributed by atoms with Gasteiger partial charge in [0, 0.05) is 24.1 Å². The normalized spacial score (nSPS) is 25.1. The number of ketones is 1. The first kappa shape index (κ1) is 17.6. The largest absolute Gasteiger partial charge is 0.353 e. The van der Waals surface area contributed by atoms with Crippen molar-refractivity contribution >= 4 is 11.7 Å². The van der Waals surface area contributed by atoms with E-state index < -0.39 is 5.92 Å². The van der Waals surface area contributed by atoms with Gasteiger partial charge in [0.1, 0.15) is 5.92 Å². The van der Waals surface area contributed by atoms with Gasteiger partial charge < -0.3 is 5.32 Å². The van der Waals surface area contributed by atoms with Gasteiger partial charge in [-0.15, -0.1) is 0 Å². The van der Waals surface area contributed by atoms with Crippen molar-refractivity contribution < 1.29 is 9.59 Å². The SMILES string of the molecule is N#C[C@H](C(=O)C1CCC(NC(=O)C2CCCC2)CC1)c1ccccn1. The Morgan fingerprint density at radius 1 is 1.08 bits per heavy atom. The topological polar surface area (TPSA) is 82.9 Å². The fourth-order valence-corrected chi connectivity index (χ4v) is 4.09. The van der Waals surface area contributed by atoms with Crippen molar-refractivity contribution in [1.29, 1.82) is 5.26 Å². The minimum atomic E-state index is -0.782. The predicted octanol–water partition coefficient (Wildman–Crippen LogP) is 3.12. The summed E-state index contributed by atoms with van der Waals surface area (Å²) in [6.07, 6.45) is 9.04. The van der Waals surface area contributed by atoms with Crippen LogP contribution in [0.25, 0.3) is 0 Å². The van der Waals surface area contributed by atoms with Gasteiger partial charge in [0.2, 0.25) is 5.91 Å². The van der Waals surface area contributed by atoms with Crippen LogP contribution >= 0.6 is 0 Å². The summed E-state index contributed by atoms with van der Waals surface area (Å²) in [5, 5.41) is 12.6. The summed E-state index contributed by atoms with van der Waals surface area (Å²) in [6.45, 7) is 0. The highest BCUT2D eigenvalue weighted by molar-refractivity contribution is 5.90. The second-order valence-corrected chi connectivity index (χ2v) is 7.26. The first-order valence-corrected chi connectivity index (χ1v) is 9.33. The number of carbonyl (C=O) groups is 2. The summed E-state index contributed by atoms with van der Waals surface area (Å²) in [5.74, 6) is -0.536. The average Bonchev–Trinajstić information content (AvgIpc) is 3.19. The lowest BCUT2D eigenvalue weighted by molar-refractivity contribution is -0.126. The molecule has 0 radical (unpaired) electrons. The van der Waals surface area contributed by atoms with Crippen molar-refractivity contribution in [1.82, 2.24) is 10.3 Å². The Kier molecular flexibility index (Phi) is 5.80. The Balaban J connectivity index is 1.52. The van der Waals surface area contributed by atoms with Crippen LogP contribution in [-0.2, 0) is 9.59 Å². The summed E-state index contributed by atoms with van der Waals surface area (Å²) >= 11 is 0. The number of hydrogen-bond acceptors (Lipinski definition) is 4. The smallest absolute Gasteiger partial charge is 0.223 e. The number of hydrogen-bond donors (Lipinski definition) is 1. The van der Waals surface area contributed by atoms with Crippen LogP contribution in [-0.4, -0.2) is 22.7 Å². The van der Waals surface area contributed by atoms with Crippen LogP contribution in [0.3, 0.4) is 0 Å². The molecule has 2 aliphatic rings. The highest BCUT2D eigenvalue weighted by Crippen LogP contribution is 2.31. The van der Waals surface area contributed by atoms with E-state index >= 15 is 0 Å². The standard InChI is InChI=1S/C20H25N3O2/c21-13-17(18-7-3-4-12-22-18)19(24)14-8-10-16(11-9-14)23-20(25)15-5-1-2-6-15/h3-4,7,12,14-17H,1-2,5-6,8-11H2,(H,23,25)/t14?,16?,17-/m0/s1. The fraction of sp³-hybridized carbons (Fsp3) is 0.600. The molecule has 1 amide bonds. The van der Waals surface area contributed by atoms with Crippen LogP contribution < -0.4 is 5.32 Å². The minimum Gasteiger partial charge on any atom is -0.353 e. The molecule has 5 nitrogen and oxygen atoms in total. The molecule has 132 valence electrons. The van der Waals surface area contributed by atoms with Gasteiger partial charge in [-0.05, 0) is 50.7 Å². The van der Waals surface area contributed by atoms with Gasteiger partial charge in [0.25, 0.3) is 0 Å². The zero-order chi connectivity index (χ0) is 17.6. The van der Waals surface area contributed by atoms with Gasteiger partial charge >= 0.3 is 0 Å². The van der Waals surface area contributed by atoms with Gasteiger partial charge in [0.05, 0.1) is 11.8 Å². The van der Waals surface area contributed by atoms with Crippen LogP contribution in [0.2, 0.25) is 0 Å². The van der Waals surface area contributed by atoms with Gasteiger partial charge in [-0.3, -0.25) is 14.6 Å². The van der Waals surface area contributed by atoms with E-state index in [-0.39, 0.29) is 29.6 Å². The highest BCUT2D eigenvalue weighted by atomic mass is 16.2. The number of nitrogens with zero attached hydrogens (tertiary/aromatic N) is 2. The summed E-state index contributed by atoms with van der Waals surface area (Å²) in [7, 11) is 0. The van der Waals surface area contributed by atoms with E-state index in [2.05, 4.69) is 16.4 Å². The third kappa shape index (κ3) is 4.25. The van der Waals surface area contributed by atoms with Gasteiger partial charge in [-0.1, -0.05) is 18.9 Å². The molecule has 0 spiro atoms. The molecule has 2 fully saturated rings. The molecule has 3 rings (SSSR count).